The summed E-state index contributed by atoms with van der Waals surface area (Å²) in [6.45, 7) is 0.496. The molecule has 1 unspecified atom stereocenters. The first-order valence-electron chi connectivity index (χ1n) is 9.77. The van der Waals surface area contributed by atoms with Crippen LogP contribution in [0.5, 0.6) is 0 Å². The van der Waals surface area contributed by atoms with E-state index in [2.05, 4.69) is 4.90 Å². The van der Waals surface area contributed by atoms with E-state index in [0.29, 0.717) is 38.1 Å². The first-order chi connectivity index (χ1) is 14.4. The van der Waals surface area contributed by atoms with Gasteiger partial charge in [0.05, 0.1) is 23.3 Å². The summed E-state index contributed by atoms with van der Waals surface area (Å²) < 4.78 is 85.8. The SMILES string of the molecule is CN1CCC(OC(CO)c2cc(C(F)(F)F)cc(C(F)(F)F)c2)(c2ccccc2)CC1. The summed E-state index contributed by atoms with van der Waals surface area (Å²) >= 11 is 0. The van der Waals surface area contributed by atoms with E-state index < -0.39 is 41.8 Å². The lowest BCUT2D eigenvalue weighted by Crippen LogP contribution is -2.43. The number of aliphatic hydroxyl groups excluding tert-OH is 1. The minimum Gasteiger partial charge on any atom is -0.393 e. The van der Waals surface area contributed by atoms with Crippen LogP contribution in [0.2, 0.25) is 0 Å². The van der Waals surface area contributed by atoms with Gasteiger partial charge in [-0.15, -0.1) is 0 Å². The summed E-state index contributed by atoms with van der Waals surface area (Å²) in [5, 5.41) is 9.91. The van der Waals surface area contributed by atoms with E-state index in [4.69, 9.17) is 4.74 Å². The van der Waals surface area contributed by atoms with E-state index in [9.17, 15) is 31.4 Å². The van der Waals surface area contributed by atoms with Gasteiger partial charge in [-0.1, -0.05) is 30.3 Å². The van der Waals surface area contributed by atoms with Crippen molar-refractivity contribution in [2.24, 2.45) is 0 Å². The Labute approximate surface area is 176 Å². The van der Waals surface area contributed by atoms with Gasteiger partial charge in [0.25, 0.3) is 0 Å². The Bertz CT molecular complexity index is 842. The maximum absolute atomic E-state index is 13.3. The maximum Gasteiger partial charge on any atom is 0.416 e. The van der Waals surface area contributed by atoms with E-state index in [1.807, 2.05) is 19.2 Å². The zero-order chi connectivity index (χ0) is 22.9. The molecule has 0 amide bonds. The average molecular weight is 447 g/mol. The lowest BCUT2D eigenvalue weighted by atomic mass is 9.83. The van der Waals surface area contributed by atoms with Crippen molar-refractivity contribution in [2.75, 3.05) is 26.7 Å². The predicted octanol–water partition coefficient (Wildman–Crippen LogP) is 5.40. The molecular weight excluding hydrogens is 424 g/mol. The van der Waals surface area contributed by atoms with Crippen LogP contribution in [0.15, 0.2) is 48.5 Å². The molecule has 1 saturated heterocycles. The molecule has 2 aromatic carbocycles. The molecule has 0 saturated carbocycles. The largest absolute Gasteiger partial charge is 0.416 e. The number of hydrogen-bond acceptors (Lipinski definition) is 3. The number of ether oxygens (including phenoxy) is 1. The zero-order valence-corrected chi connectivity index (χ0v) is 16.8. The Morgan fingerprint density at radius 3 is 1.90 bits per heavy atom. The second-order valence-electron chi connectivity index (χ2n) is 7.79. The number of halogens is 6. The quantitative estimate of drug-likeness (QED) is 0.624. The molecule has 0 spiro atoms. The van der Waals surface area contributed by atoms with Gasteiger partial charge in [0.15, 0.2) is 0 Å². The van der Waals surface area contributed by atoms with Crippen LogP contribution in [0.1, 0.15) is 41.2 Å². The maximum atomic E-state index is 13.3. The molecule has 0 bridgehead atoms. The number of aliphatic hydroxyl groups is 1. The van der Waals surface area contributed by atoms with E-state index >= 15 is 0 Å². The highest BCUT2D eigenvalue weighted by Gasteiger charge is 2.41. The molecule has 1 heterocycles. The molecule has 2 aromatic rings. The standard InChI is InChI=1S/C22H23F6NO2/c1-29-9-7-20(8-10-29,16-5-3-2-4-6-16)31-19(14-30)15-11-17(21(23,24)25)13-18(12-15)22(26,27)28/h2-6,11-13,19,30H,7-10,14H2,1H3. The molecule has 1 aliphatic rings. The highest BCUT2D eigenvalue weighted by atomic mass is 19.4. The van der Waals surface area contributed by atoms with Crippen LogP contribution in [0.4, 0.5) is 26.3 Å². The third-order valence-electron chi connectivity index (χ3n) is 5.61. The summed E-state index contributed by atoms with van der Waals surface area (Å²) in [4.78, 5) is 2.06. The van der Waals surface area contributed by atoms with Gasteiger partial charge in [0.1, 0.15) is 6.10 Å². The molecule has 1 aliphatic heterocycles. The van der Waals surface area contributed by atoms with Crippen molar-refractivity contribution in [3.05, 3.63) is 70.8 Å². The van der Waals surface area contributed by atoms with Gasteiger partial charge in [0.2, 0.25) is 0 Å². The van der Waals surface area contributed by atoms with Gasteiger partial charge in [-0.2, -0.15) is 26.3 Å². The van der Waals surface area contributed by atoms with Gasteiger partial charge >= 0.3 is 12.4 Å². The predicted molar refractivity (Wildman–Crippen MR) is 102 cm³/mol. The number of hydrogen-bond donors (Lipinski definition) is 1. The number of nitrogens with zero attached hydrogens (tertiary/aromatic N) is 1. The molecule has 0 aromatic heterocycles. The highest BCUT2D eigenvalue weighted by molar-refractivity contribution is 5.35. The van der Waals surface area contributed by atoms with Gasteiger partial charge in [-0.3, -0.25) is 0 Å². The van der Waals surface area contributed by atoms with Crippen LogP contribution in [0.25, 0.3) is 0 Å². The van der Waals surface area contributed by atoms with Gasteiger partial charge in [0, 0.05) is 13.1 Å². The van der Waals surface area contributed by atoms with E-state index in [1.165, 1.54) is 0 Å². The van der Waals surface area contributed by atoms with Crippen molar-refractivity contribution in [2.45, 2.75) is 36.9 Å². The van der Waals surface area contributed by atoms with Gasteiger partial charge in [-0.05, 0) is 49.2 Å². The summed E-state index contributed by atoms with van der Waals surface area (Å²) in [6.07, 6.45) is -10.3. The second-order valence-corrected chi connectivity index (χ2v) is 7.79. The number of alkyl halides is 6. The first-order valence-corrected chi connectivity index (χ1v) is 9.77. The minimum absolute atomic E-state index is 0.0699. The highest BCUT2D eigenvalue weighted by Crippen LogP contribution is 2.43. The Morgan fingerprint density at radius 1 is 0.935 bits per heavy atom. The number of likely N-dealkylation sites (tertiary alicyclic amines) is 1. The summed E-state index contributed by atoms with van der Waals surface area (Å²) in [5.41, 5.74) is -3.40. The van der Waals surface area contributed by atoms with E-state index in [1.54, 1.807) is 18.2 Å². The van der Waals surface area contributed by atoms with Gasteiger partial charge < -0.3 is 14.7 Å². The number of rotatable bonds is 5. The van der Waals surface area contributed by atoms with Crippen molar-refractivity contribution in [3.8, 4) is 0 Å². The van der Waals surface area contributed by atoms with Crippen LogP contribution < -0.4 is 0 Å². The van der Waals surface area contributed by atoms with Crippen LogP contribution in [0, 0.1) is 0 Å². The van der Waals surface area contributed by atoms with E-state index in [0.717, 1.165) is 5.56 Å². The fourth-order valence-corrected chi connectivity index (χ4v) is 3.84. The van der Waals surface area contributed by atoms with Crippen molar-refractivity contribution >= 4 is 0 Å². The summed E-state index contributed by atoms with van der Waals surface area (Å²) in [5.74, 6) is 0. The number of benzene rings is 2. The molecule has 3 nitrogen and oxygen atoms in total. The lowest BCUT2D eigenvalue weighted by Gasteiger charge is -2.43. The molecule has 1 fully saturated rings. The molecule has 3 rings (SSSR count). The fraction of sp³-hybridized carbons (Fsp3) is 0.455. The van der Waals surface area contributed by atoms with E-state index in [-0.39, 0.29) is 11.6 Å². The molecule has 170 valence electrons. The van der Waals surface area contributed by atoms with Crippen molar-refractivity contribution < 1.29 is 36.2 Å². The topological polar surface area (TPSA) is 32.7 Å². The Morgan fingerprint density at radius 2 is 1.45 bits per heavy atom. The van der Waals surface area contributed by atoms with Crippen molar-refractivity contribution in [1.29, 1.82) is 0 Å². The minimum atomic E-state index is -4.97. The fourth-order valence-electron chi connectivity index (χ4n) is 3.84. The molecular formula is C22H23F6NO2. The normalized spacial score (nSPS) is 18.7. The lowest BCUT2D eigenvalue weighted by molar-refractivity contribution is -0.147. The molecule has 31 heavy (non-hydrogen) atoms. The van der Waals surface area contributed by atoms with Gasteiger partial charge in [-0.25, -0.2) is 0 Å². The number of piperidine rings is 1. The van der Waals surface area contributed by atoms with Crippen molar-refractivity contribution in [3.63, 3.8) is 0 Å². The third kappa shape index (κ3) is 5.39. The third-order valence-corrected chi connectivity index (χ3v) is 5.61. The van der Waals surface area contributed by atoms with Crippen LogP contribution in [0.3, 0.4) is 0 Å². The second kappa shape index (κ2) is 8.80. The smallest absolute Gasteiger partial charge is 0.393 e. The molecule has 0 aliphatic carbocycles. The van der Waals surface area contributed by atoms with Crippen LogP contribution >= 0.6 is 0 Å². The van der Waals surface area contributed by atoms with Crippen LogP contribution in [-0.2, 0) is 22.7 Å². The van der Waals surface area contributed by atoms with Crippen LogP contribution in [-0.4, -0.2) is 36.8 Å². The average Bonchev–Trinajstić information content (AvgIpc) is 2.72. The molecule has 0 radical (unpaired) electrons. The Balaban J connectivity index is 2.04. The summed E-state index contributed by atoms with van der Waals surface area (Å²) in [7, 11) is 1.92. The first kappa shape index (κ1) is 23.6. The molecule has 9 heteroatoms. The Hall–Kier alpha value is -2.10. The zero-order valence-electron chi connectivity index (χ0n) is 16.8. The monoisotopic (exact) mass is 447 g/mol. The summed E-state index contributed by atoms with van der Waals surface area (Å²) in [6, 6.07) is 10.3. The Kier molecular flexibility index (Phi) is 6.69. The van der Waals surface area contributed by atoms with Crippen molar-refractivity contribution in [1.82, 2.24) is 4.90 Å². The molecule has 1 atom stereocenters. The molecule has 1 N–H and O–H groups in total.